The van der Waals surface area contributed by atoms with Crippen molar-refractivity contribution in [3.8, 4) is 0 Å². The summed E-state index contributed by atoms with van der Waals surface area (Å²) < 4.78 is 18.9. The summed E-state index contributed by atoms with van der Waals surface area (Å²) in [6.07, 6.45) is 0. The van der Waals surface area contributed by atoms with E-state index in [4.69, 9.17) is 16.0 Å². The number of nitrogens with zero attached hydrogens (tertiary/aromatic N) is 1. The highest BCUT2D eigenvalue weighted by Crippen LogP contribution is 2.24. The van der Waals surface area contributed by atoms with Gasteiger partial charge >= 0.3 is 0 Å². The molecule has 1 aromatic heterocycles. The molecule has 0 aliphatic heterocycles. The van der Waals surface area contributed by atoms with Gasteiger partial charge in [-0.25, -0.2) is 9.37 Å². The van der Waals surface area contributed by atoms with Gasteiger partial charge in [0.2, 0.25) is 5.89 Å². The van der Waals surface area contributed by atoms with Crippen LogP contribution in [0.5, 0.6) is 0 Å². The molecule has 0 aliphatic carbocycles. The third kappa shape index (κ3) is 1.56. The van der Waals surface area contributed by atoms with Crippen LogP contribution < -0.4 is 0 Å². The summed E-state index contributed by atoms with van der Waals surface area (Å²) in [5.41, 5.74) is 0.626. The normalized spacial score (nSPS) is 11.0. The second kappa shape index (κ2) is 3.27. The average Bonchev–Trinajstić information content (AvgIpc) is 2.47. The van der Waals surface area contributed by atoms with Crippen LogP contribution in [0.25, 0.3) is 11.1 Å². The Hall–Kier alpha value is -0.610. The van der Waals surface area contributed by atoms with E-state index in [0.717, 1.165) is 0 Å². The standard InChI is InChI=1S/C8H4BrClFNO/c9-4-1-5(11)8-6(2-4)12-7(3-10)13-8/h1-2H,3H2. The van der Waals surface area contributed by atoms with Crippen LogP contribution in [0, 0.1) is 5.82 Å². The van der Waals surface area contributed by atoms with Gasteiger partial charge in [-0.2, -0.15) is 0 Å². The fourth-order valence-electron chi connectivity index (χ4n) is 1.06. The highest BCUT2D eigenvalue weighted by Gasteiger charge is 2.10. The van der Waals surface area contributed by atoms with Gasteiger partial charge in [-0.1, -0.05) is 15.9 Å². The first-order chi connectivity index (χ1) is 6.20. The van der Waals surface area contributed by atoms with Gasteiger partial charge in [0.05, 0.1) is 5.88 Å². The van der Waals surface area contributed by atoms with Crippen LogP contribution in [0.4, 0.5) is 4.39 Å². The van der Waals surface area contributed by atoms with Crippen molar-refractivity contribution < 1.29 is 8.81 Å². The van der Waals surface area contributed by atoms with Gasteiger partial charge in [-0.15, -0.1) is 11.6 Å². The Bertz CT molecular complexity index is 457. The molecule has 13 heavy (non-hydrogen) atoms. The molecule has 0 unspecified atom stereocenters. The fourth-order valence-corrected chi connectivity index (χ4v) is 1.60. The highest BCUT2D eigenvalue weighted by atomic mass is 79.9. The summed E-state index contributed by atoms with van der Waals surface area (Å²) in [6, 6.07) is 3.00. The first-order valence-electron chi connectivity index (χ1n) is 3.51. The minimum atomic E-state index is -0.437. The Morgan fingerprint density at radius 2 is 2.31 bits per heavy atom. The number of fused-ring (bicyclic) bond motifs is 1. The Balaban J connectivity index is 2.75. The number of halogens is 3. The Morgan fingerprint density at radius 1 is 1.54 bits per heavy atom. The van der Waals surface area contributed by atoms with Crippen LogP contribution in [0.15, 0.2) is 21.0 Å². The summed E-state index contributed by atoms with van der Waals surface area (Å²) in [7, 11) is 0. The summed E-state index contributed by atoms with van der Waals surface area (Å²) in [4.78, 5) is 3.98. The molecule has 0 atom stereocenters. The van der Waals surface area contributed by atoms with Crippen LogP contribution in [0.1, 0.15) is 5.89 Å². The molecular weight excluding hydrogens is 260 g/mol. The average molecular weight is 264 g/mol. The largest absolute Gasteiger partial charge is 0.436 e. The van der Waals surface area contributed by atoms with Crippen LogP contribution in [-0.4, -0.2) is 4.98 Å². The minimum absolute atomic E-state index is 0.145. The van der Waals surface area contributed by atoms with Gasteiger partial charge in [-0.05, 0) is 12.1 Å². The van der Waals surface area contributed by atoms with Crippen molar-refractivity contribution in [3.63, 3.8) is 0 Å². The molecule has 0 N–H and O–H groups in total. The predicted molar refractivity (Wildman–Crippen MR) is 51.2 cm³/mol. The molecule has 0 bridgehead atoms. The first kappa shape index (κ1) is 8.97. The third-order valence-corrected chi connectivity index (χ3v) is 2.25. The van der Waals surface area contributed by atoms with Gasteiger partial charge in [-0.3, -0.25) is 0 Å². The van der Waals surface area contributed by atoms with Crippen molar-refractivity contribution in [2.24, 2.45) is 0 Å². The monoisotopic (exact) mass is 263 g/mol. The summed E-state index contributed by atoms with van der Waals surface area (Å²) in [6.45, 7) is 0. The summed E-state index contributed by atoms with van der Waals surface area (Å²) in [5.74, 6) is 0.0352. The Morgan fingerprint density at radius 3 is 3.00 bits per heavy atom. The van der Waals surface area contributed by atoms with Crippen LogP contribution >= 0.6 is 27.5 Å². The SMILES string of the molecule is Fc1cc(Br)cc2nc(CCl)oc12. The lowest BCUT2D eigenvalue weighted by atomic mass is 10.3. The van der Waals surface area contributed by atoms with Gasteiger partial charge in [0, 0.05) is 4.47 Å². The molecule has 0 fully saturated rings. The van der Waals surface area contributed by atoms with E-state index in [2.05, 4.69) is 20.9 Å². The Kier molecular flexibility index (Phi) is 2.26. The maximum absolute atomic E-state index is 13.2. The van der Waals surface area contributed by atoms with Crippen molar-refractivity contribution in [3.05, 3.63) is 28.3 Å². The van der Waals surface area contributed by atoms with Crippen molar-refractivity contribution in [1.29, 1.82) is 0 Å². The first-order valence-corrected chi connectivity index (χ1v) is 4.84. The van der Waals surface area contributed by atoms with E-state index >= 15 is 0 Å². The van der Waals surface area contributed by atoms with E-state index in [1.165, 1.54) is 6.07 Å². The van der Waals surface area contributed by atoms with Gasteiger partial charge < -0.3 is 4.42 Å². The zero-order chi connectivity index (χ0) is 9.42. The number of aromatic nitrogens is 1. The minimum Gasteiger partial charge on any atom is -0.436 e. The van der Waals surface area contributed by atoms with Crippen molar-refractivity contribution >= 4 is 38.6 Å². The molecule has 1 heterocycles. The van der Waals surface area contributed by atoms with E-state index < -0.39 is 5.82 Å². The van der Waals surface area contributed by atoms with E-state index in [1.807, 2.05) is 0 Å². The molecule has 0 spiro atoms. The number of hydrogen-bond donors (Lipinski definition) is 0. The molecule has 68 valence electrons. The van der Waals surface area contributed by atoms with Gasteiger partial charge in [0.1, 0.15) is 5.52 Å². The summed E-state index contributed by atoms with van der Waals surface area (Å²) >= 11 is 8.66. The number of benzene rings is 1. The molecule has 2 aromatic rings. The van der Waals surface area contributed by atoms with Crippen molar-refractivity contribution in [1.82, 2.24) is 4.98 Å². The van der Waals surface area contributed by atoms with Crippen molar-refractivity contribution in [2.75, 3.05) is 0 Å². The number of rotatable bonds is 1. The number of hydrogen-bond acceptors (Lipinski definition) is 2. The maximum atomic E-state index is 13.2. The zero-order valence-electron chi connectivity index (χ0n) is 6.35. The lowest BCUT2D eigenvalue weighted by Gasteiger charge is -1.90. The predicted octanol–water partition coefficient (Wildman–Crippen LogP) is 3.47. The smallest absolute Gasteiger partial charge is 0.210 e. The van der Waals surface area contributed by atoms with Crippen LogP contribution in [0.2, 0.25) is 0 Å². The van der Waals surface area contributed by atoms with Gasteiger partial charge in [0.25, 0.3) is 0 Å². The molecule has 0 saturated heterocycles. The fraction of sp³-hybridized carbons (Fsp3) is 0.125. The van der Waals surface area contributed by atoms with E-state index in [1.54, 1.807) is 6.07 Å². The molecule has 1 aromatic carbocycles. The van der Waals surface area contributed by atoms with Crippen LogP contribution in [0.3, 0.4) is 0 Å². The molecule has 2 nitrogen and oxygen atoms in total. The Labute approximate surface area is 86.8 Å². The lowest BCUT2D eigenvalue weighted by molar-refractivity contribution is 0.523. The van der Waals surface area contributed by atoms with Crippen molar-refractivity contribution in [2.45, 2.75) is 5.88 Å². The molecule has 0 radical (unpaired) electrons. The van der Waals surface area contributed by atoms with Gasteiger partial charge in [0.15, 0.2) is 11.4 Å². The third-order valence-electron chi connectivity index (χ3n) is 1.57. The second-order valence-corrected chi connectivity index (χ2v) is 3.66. The second-order valence-electron chi connectivity index (χ2n) is 2.48. The molecule has 0 aliphatic rings. The highest BCUT2D eigenvalue weighted by molar-refractivity contribution is 9.10. The summed E-state index contributed by atoms with van der Waals surface area (Å²) in [5, 5.41) is 0. The zero-order valence-corrected chi connectivity index (χ0v) is 8.69. The van der Waals surface area contributed by atoms with Crippen LogP contribution in [-0.2, 0) is 5.88 Å². The van der Waals surface area contributed by atoms with E-state index in [0.29, 0.717) is 15.9 Å². The molecule has 5 heteroatoms. The van der Waals surface area contributed by atoms with E-state index in [9.17, 15) is 4.39 Å². The molecule has 2 rings (SSSR count). The maximum Gasteiger partial charge on any atom is 0.210 e. The molecule has 0 amide bonds. The number of alkyl halides is 1. The topological polar surface area (TPSA) is 26.0 Å². The molecular formula is C8H4BrClFNO. The molecule has 0 saturated carbocycles. The lowest BCUT2D eigenvalue weighted by Crippen LogP contribution is -1.76. The quantitative estimate of drug-likeness (QED) is 0.737. The number of oxazole rings is 1. The van der Waals surface area contributed by atoms with E-state index in [-0.39, 0.29) is 11.5 Å².